The van der Waals surface area contributed by atoms with Crippen molar-refractivity contribution in [2.24, 2.45) is 0 Å². The third kappa shape index (κ3) is 3.75. The van der Waals surface area contributed by atoms with E-state index in [1.54, 1.807) is 31.1 Å². The van der Waals surface area contributed by atoms with Gasteiger partial charge in [0.05, 0.1) is 0 Å². The Hall–Kier alpha value is -1.56. The molecule has 6 heteroatoms. The first-order chi connectivity index (χ1) is 9.80. The molecule has 1 heterocycles. The molecule has 1 saturated heterocycles. The normalized spacial score (nSPS) is 19.6. The molecular weight excluding hydrogens is 281 g/mol. The number of piperidine rings is 1. The van der Waals surface area contributed by atoms with Gasteiger partial charge < -0.3 is 4.90 Å². The second-order valence-corrected chi connectivity index (χ2v) is 5.60. The van der Waals surface area contributed by atoms with Gasteiger partial charge in [-0.2, -0.15) is 0 Å². The molecule has 0 spiro atoms. The summed E-state index contributed by atoms with van der Waals surface area (Å²) in [6.07, 6.45) is -0.635. The zero-order valence-electron chi connectivity index (χ0n) is 12.2. The summed E-state index contributed by atoms with van der Waals surface area (Å²) in [7, 11) is 3.43. The molecule has 0 aliphatic carbocycles. The Balaban J connectivity index is 2.17. The second kappa shape index (κ2) is 6.05. The number of likely N-dealkylation sites (tertiary alicyclic amines) is 1. The molecule has 1 unspecified atom stereocenters. The van der Waals surface area contributed by atoms with Gasteiger partial charge in [-0.25, -0.2) is 13.2 Å². The molecule has 3 nitrogen and oxygen atoms in total. The molecule has 1 aliphatic heterocycles. The van der Waals surface area contributed by atoms with E-state index in [9.17, 15) is 18.0 Å². The average Bonchev–Trinajstić information content (AvgIpc) is 2.38. The lowest BCUT2D eigenvalue weighted by molar-refractivity contribution is -0.142. The van der Waals surface area contributed by atoms with Crippen LogP contribution in [0.2, 0.25) is 0 Å². The van der Waals surface area contributed by atoms with E-state index in [1.165, 1.54) is 17.0 Å². The highest BCUT2D eigenvalue weighted by Crippen LogP contribution is 2.30. The molecule has 1 atom stereocenters. The molecule has 0 bridgehead atoms. The van der Waals surface area contributed by atoms with E-state index >= 15 is 0 Å². The number of rotatable bonds is 3. The Kier molecular flexibility index (Phi) is 4.56. The van der Waals surface area contributed by atoms with Crippen LogP contribution < -0.4 is 0 Å². The minimum atomic E-state index is -2.69. The van der Waals surface area contributed by atoms with Crippen molar-refractivity contribution in [1.82, 2.24) is 9.80 Å². The van der Waals surface area contributed by atoms with Crippen LogP contribution in [0, 0.1) is 5.82 Å². The molecule has 0 saturated carbocycles. The molecule has 2 rings (SSSR count). The Morgan fingerprint density at radius 3 is 2.43 bits per heavy atom. The Bertz CT molecular complexity index is 509. The summed E-state index contributed by atoms with van der Waals surface area (Å²) in [5.41, 5.74) is 0.530. The molecule has 116 valence electrons. The van der Waals surface area contributed by atoms with Crippen LogP contribution in [0.3, 0.4) is 0 Å². The first-order valence-corrected chi connectivity index (χ1v) is 6.89. The highest BCUT2D eigenvalue weighted by atomic mass is 19.3. The fourth-order valence-corrected chi connectivity index (χ4v) is 2.57. The zero-order valence-corrected chi connectivity index (χ0v) is 12.2. The maximum Gasteiger partial charge on any atom is 0.251 e. The molecule has 1 aromatic rings. The van der Waals surface area contributed by atoms with Crippen molar-refractivity contribution in [3.05, 3.63) is 35.6 Å². The minimum absolute atomic E-state index is 0.0332. The van der Waals surface area contributed by atoms with E-state index in [1.807, 2.05) is 0 Å². The topological polar surface area (TPSA) is 23.6 Å². The number of halogens is 3. The quantitative estimate of drug-likeness (QED) is 0.857. The third-order valence-corrected chi connectivity index (χ3v) is 3.72. The zero-order chi connectivity index (χ0) is 15.6. The standard InChI is InChI=1S/C15H19F3N2O/c1-19(2)13(11-4-3-5-12(16)10-11)14(21)20-8-6-15(17,18)7-9-20/h3-5,10,13H,6-9H2,1-2H3. The summed E-state index contributed by atoms with van der Waals surface area (Å²) < 4.78 is 39.7. The lowest BCUT2D eigenvalue weighted by Crippen LogP contribution is -2.47. The number of amides is 1. The van der Waals surface area contributed by atoms with Crippen molar-refractivity contribution in [2.75, 3.05) is 27.2 Å². The second-order valence-electron chi connectivity index (χ2n) is 5.60. The summed E-state index contributed by atoms with van der Waals surface area (Å²) in [5.74, 6) is -3.37. The van der Waals surface area contributed by atoms with E-state index in [0.29, 0.717) is 5.56 Å². The van der Waals surface area contributed by atoms with Crippen molar-refractivity contribution in [1.29, 1.82) is 0 Å². The van der Waals surface area contributed by atoms with Crippen LogP contribution in [-0.2, 0) is 4.79 Å². The maximum atomic E-state index is 13.4. The highest BCUT2D eigenvalue weighted by molar-refractivity contribution is 5.83. The number of nitrogens with zero attached hydrogens (tertiary/aromatic N) is 2. The lowest BCUT2D eigenvalue weighted by atomic mass is 10.0. The molecule has 0 N–H and O–H groups in total. The predicted octanol–water partition coefficient (Wildman–Crippen LogP) is 2.69. The minimum Gasteiger partial charge on any atom is -0.341 e. The fourth-order valence-electron chi connectivity index (χ4n) is 2.57. The van der Waals surface area contributed by atoms with Crippen molar-refractivity contribution < 1.29 is 18.0 Å². The van der Waals surface area contributed by atoms with E-state index < -0.39 is 17.8 Å². The fraction of sp³-hybridized carbons (Fsp3) is 0.533. The molecule has 1 aromatic carbocycles. The molecular formula is C15H19F3N2O. The van der Waals surface area contributed by atoms with E-state index in [4.69, 9.17) is 0 Å². The maximum absolute atomic E-state index is 13.4. The van der Waals surface area contributed by atoms with Crippen LogP contribution in [0.15, 0.2) is 24.3 Å². The van der Waals surface area contributed by atoms with Gasteiger partial charge in [0.25, 0.3) is 5.92 Å². The van der Waals surface area contributed by atoms with Crippen LogP contribution in [0.25, 0.3) is 0 Å². The first kappa shape index (κ1) is 15.8. The highest BCUT2D eigenvalue weighted by Gasteiger charge is 2.38. The molecule has 1 fully saturated rings. The van der Waals surface area contributed by atoms with E-state index in [-0.39, 0.29) is 31.8 Å². The summed E-state index contributed by atoms with van der Waals surface area (Å²) in [6.45, 7) is 0.0664. The van der Waals surface area contributed by atoms with Gasteiger partial charge in [0, 0.05) is 25.9 Å². The summed E-state index contributed by atoms with van der Waals surface area (Å²) in [5, 5.41) is 0. The molecule has 21 heavy (non-hydrogen) atoms. The van der Waals surface area contributed by atoms with Crippen LogP contribution in [0.1, 0.15) is 24.4 Å². The average molecular weight is 300 g/mol. The van der Waals surface area contributed by atoms with Crippen LogP contribution >= 0.6 is 0 Å². The lowest BCUT2D eigenvalue weighted by Gasteiger charge is -2.35. The van der Waals surface area contributed by atoms with Gasteiger partial charge in [0.15, 0.2) is 0 Å². The van der Waals surface area contributed by atoms with Crippen molar-refractivity contribution >= 4 is 5.91 Å². The molecule has 0 aromatic heterocycles. The van der Waals surface area contributed by atoms with E-state index in [0.717, 1.165) is 0 Å². The van der Waals surface area contributed by atoms with E-state index in [2.05, 4.69) is 0 Å². The predicted molar refractivity (Wildman–Crippen MR) is 73.6 cm³/mol. The van der Waals surface area contributed by atoms with Crippen molar-refractivity contribution in [2.45, 2.75) is 24.8 Å². The van der Waals surface area contributed by atoms with Crippen LogP contribution in [0.4, 0.5) is 13.2 Å². The smallest absolute Gasteiger partial charge is 0.251 e. The van der Waals surface area contributed by atoms with Gasteiger partial charge in [0.1, 0.15) is 11.9 Å². The van der Waals surface area contributed by atoms with Gasteiger partial charge >= 0.3 is 0 Å². The third-order valence-electron chi connectivity index (χ3n) is 3.72. The van der Waals surface area contributed by atoms with Gasteiger partial charge in [0.2, 0.25) is 5.91 Å². The number of carbonyl (C=O) groups excluding carboxylic acids is 1. The van der Waals surface area contributed by atoms with Crippen LogP contribution in [0.5, 0.6) is 0 Å². The van der Waals surface area contributed by atoms with Gasteiger partial charge in [-0.15, -0.1) is 0 Å². The van der Waals surface area contributed by atoms with Crippen LogP contribution in [-0.4, -0.2) is 48.8 Å². The van der Waals surface area contributed by atoms with Gasteiger partial charge in [-0.3, -0.25) is 9.69 Å². The Morgan fingerprint density at radius 2 is 1.90 bits per heavy atom. The monoisotopic (exact) mass is 300 g/mol. The number of benzene rings is 1. The Morgan fingerprint density at radius 1 is 1.29 bits per heavy atom. The Labute approximate surface area is 122 Å². The summed E-state index contributed by atoms with van der Waals surface area (Å²) in [4.78, 5) is 15.7. The van der Waals surface area contributed by atoms with Gasteiger partial charge in [-0.05, 0) is 31.8 Å². The number of alkyl halides is 2. The number of hydrogen-bond acceptors (Lipinski definition) is 2. The summed E-state index contributed by atoms with van der Waals surface area (Å²) in [6, 6.07) is 5.17. The summed E-state index contributed by atoms with van der Waals surface area (Å²) >= 11 is 0. The number of likely N-dealkylation sites (N-methyl/N-ethyl adjacent to an activating group) is 1. The van der Waals surface area contributed by atoms with Crippen molar-refractivity contribution in [3.8, 4) is 0 Å². The first-order valence-electron chi connectivity index (χ1n) is 6.89. The van der Waals surface area contributed by atoms with Crippen molar-refractivity contribution in [3.63, 3.8) is 0 Å². The SMILES string of the molecule is CN(C)C(C(=O)N1CCC(F)(F)CC1)c1cccc(F)c1. The number of hydrogen-bond donors (Lipinski definition) is 0. The van der Waals surface area contributed by atoms with Gasteiger partial charge in [-0.1, -0.05) is 12.1 Å². The molecule has 1 aliphatic rings. The number of carbonyl (C=O) groups is 1. The molecule has 0 radical (unpaired) electrons. The largest absolute Gasteiger partial charge is 0.341 e. The molecule has 1 amide bonds.